The highest BCUT2D eigenvalue weighted by Gasteiger charge is 2.29. The van der Waals surface area contributed by atoms with E-state index in [2.05, 4.69) is 11.2 Å². The third kappa shape index (κ3) is 1.55. The van der Waals surface area contributed by atoms with E-state index in [4.69, 9.17) is 0 Å². The first kappa shape index (κ1) is 9.28. The number of H-pyrrole nitrogens is 1. The van der Waals surface area contributed by atoms with Gasteiger partial charge >= 0.3 is 0 Å². The van der Waals surface area contributed by atoms with Crippen molar-refractivity contribution in [2.24, 2.45) is 0 Å². The maximum absolute atomic E-state index is 13.2. The molecule has 2 heterocycles. The molecule has 3 rings (SSSR count). The van der Waals surface area contributed by atoms with E-state index in [1.807, 2.05) is 6.07 Å². The van der Waals surface area contributed by atoms with Gasteiger partial charge in [0.25, 0.3) is 0 Å². The van der Waals surface area contributed by atoms with Gasteiger partial charge in [-0.25, -0.2) is 4.39 Å². The predicted molar refractivity (Wildman–Crippen MR) is 62.9 cm³/mol. The monoisotopic (exact) mass is 222 g/mol. The Labute approximate surface area is 91.0 Å². The summed E-state index contributed by atoms with van der Waals surface area (Å²) in [6, 6.07) is 5.00. The molecule has 1 aromatic heterocycles. The molecule has 0 aliphatic carbocycles. The summed E-state index contributed by atoms with van der Waals surface area (Å²) < 4.78 is 13.2. The van der Waals surface area contributed by atoms with Gasteiger partial charge in [-0.05, 0) is 31.0 Å². The lowest BCUT2D eigenvalue weighted by molar-refractivity contribution is 0.629. The molecular formula is C12H13FNS+. The molecule has 0 spiro atoms. The molecule has 1 aliphatic rings. The minimum atomic E-state index is -0.133. The van der Waals surface area contributed by atoms with E-state index in [1.54, 1.807) is 6.07 Å². The first-order valence-corrected chi connectivity index (χ1v) is 6.85. The fourth-order valence-corrected chi connectivity index (χ4v) is 4.64. The molecular weight excluding hydrogens is 209 g/mol. The number of benzene rings is 1. The summed E-state index contributed by atoms with van der Waals surface area (Å²) >= 11 is 0. The number of nitrogens with one attached hydrogen (secondary N) is 1. The van der Waals surface area contributed by atoms with Gasteiger partial charge in [-0.3, -0.25) is 0 Å². The predicted octanol–water partition coefficient (Wildman–Crippen LogP) is 3.08. The molecule has 0 atom stereocenters. The van der Waals surface area contributed by atoms with Crippen molar-refractivity contribution in [3.8, 4) is 0 Å². The zero-order valence-electron chi connectivity index (χ0n) is 8.42. The van der Waals surface area contributed by atoms with E-state index < -0.39 is 0 Å². The highest BCUT2D eigenvalue weighted by atomic mass is 32.2. The maximum atomic E-state index is 13.2. The molecule has 78 valence electrons. The quantitative estimate of drug-likeness (QED) is 0.714. The zero-order valence-corrected chi connectivity index (χ0v) is 9.24. The molecule has 1 fully saturated rings. The van der Waals surface area contributed by atoms with Crippen LogP contribution >= 0.6 is 0 Å². The molecule has 0 unspecified atom stereocenters. The second kappa shape index (κ2) is 3.56. The molecule has 0 saturated carbocycles. The first-order chi connectivity index (χ1) is 7.34. The Bertz CT molecular complexity index is 485. The zero-order chi connectivity index (χ0) is 10.3. The maximum Gasteiger partial charge on any atom is 0.180 e. The van der Waals surface area contributed by atoms with Crippen LogP contribution < -0.4 is 0 Å². The van der Waals surface area contributed by atoms with Crippen LogP contribution in [0.1, 0.15) is 12.8 Å². The minimum Gasteiger partial charge on any atom is -0.357 e. The fourth-order valence-electron chi connectivity index (χ4n) is 2.18. The van der Waals surface area contributed by atoms with Crippen LogP contribution in [0.25, 0.3) is 10.9 Å². The summed E-state index contributed by atoms with van der Waals surface area (Å²) in [4.78, 5) is 4.57. The number of aromatic amines is 1. The van der Waals surface area contributed by atoms with Crippen LogP contribution in [0.4, 0.5) is 4.39 Å². The second-order valence-electron chi connectivity index (χ2n) is 3.95. The van der Waals surface area contributed by atoms with E-state index in [0.717, 1.165) is 10.9 Å². The summed E-state index contributed by atoms with van der Waals surface area (Å²) in [6.45, 7) is 0. The largest absolute Gasteiger partial charge is 0.357 e. The van der Waals surface area contributed by atoms with Crippen LogP contribution in [-0.2, 0) is 10.9 Å². The number of aromatic nitrogens is 1. The van der Waals surface area contributed by atoms with Gasteiger partial charge in [-0.15, -0.1) is 0 Å². The molecule has 1 N–H and O–H groups in total. The molecule has 2 aromatic rings. The molecule has 15 heavy (non-hydrogen) atoms. The summed E-state index contributed by atoms with van der Waals surface area (Å²) in [5.41, 5.74) is 1.06. The number of hydrogen-bond acceptors (Lipinski definition) is 0. The molecule has 0 radical (unpaired) electrons. The van der Waals surface area contributed by atoms with Crippen LogP contribution in [-0.4, -0.2) is 16.5 Å². The van der Waals surface area contributed by atoms with Crippen LogP contribution in [0.2, 0.25) is 0 Å². The smallest absolute Gasteiger partial charge is 0.180 e. The average molecular weight is 222 g/mol. The Hall–Kier alpha value is -0.960. The Morgan fingerprint density at radius 2 is 2.00 bits per heavy atom. The minimum absolute atomic E-state index is 0.133. The molecule has 0 bridgehead atoms. The van der Waals surface area contributed by atoms with E-state index in [0.29, 0.717) is 10.9 Å². The van der Waals surface area contributed by atoms with Gasteiger partial charge < -0.3 is 4.98 Å². The lowest BCUT2D eigenvalue weighted by Gasteiger charge is -1.97. The highest BCUT2D eigenvalue weighted by molar-refractivity contribution is 7.97. The average Bonchev–Trinajstić information content (AvgIpc) is 2.83. The van der Waals surface area contributed by atoms with Gasteiger partial charge in [0.1, 0.15) is 17.3 Å². The van der Waals surface area contributed by atoms with Crippen molar-refractivity contribution in [3.63, 3.8) is 0 Å². The van der Waals surface area contributed by atoms with Gasteiger partial charge in [0.15, 0.2) is 4.90 Å². The Balaban J connectivity index is 2.13. The normalized spacial score (nSPS) is 17.7. The third-order valence-electron chi connectivity index (χ3n) is 2.95. The topological polar surface area (TPSA) is 15.8 Å². The van der Waals surface area contributed by atoms with Crippen molar-refractivity contribution in [1.82, 2.24) is 4.98 Å². The number of hydrogen-bond donors (Lipinski definition) is 1. The van der Waals surface area contributed by atoms with Crippen LogP contribution in [0, 0.1) is 5.82 Å². The Morgan fingerprint density at radius 3 is 2.80 bits per heavy atom. The third-order valence-corrected chi connectivity index (χ3v) is 5.47. The van der Waals surface area contributed by atoms with Crippen molar-refractivity contribution < 1.29 is 4.39 Å². The molecule has 1 saturated heterocycles. The van der Waals surface area contributed by atoms with Crippen molar-refractivity contribution in [2.75, 3.05) is 11.5 Å². The first-order valence-electron chi connectivity index (χ1n) is 5.29. The van der Waals surface area contributed by atoms with Crippen LogP contribution in [0.5, 0.6) is 0 Å². The second-order valence-corrected chi connectivity index (χ2v) is 6.19. The van der Waals surface area contributed by atoms with Gasteiger partial charge in [0.05, 0.1) is 17.1 Å². The van der Waals surface area contributed by atoms with Crippen molar-refractivity contribution >= 4 is 21.8 Å². The number of halogens is 1. The van der Waals surface area contributed by atoms with Gasteiger partial charge in [0, 0.05) is 10.9 Å². The fraction of sp³-hybridized carbons (Fsp3) is 0.333. The Morgan fingerprint density at radius 1 is 1.20 bits per heavy atom. The van der Waals surface area contributed by atoms with E-state index in [-0.39, 0.29) is 5.82 Å². The van der Waals surface area contributed by atoms with Gasteiger partial charge in [0.2, 0.25) is 0 Å². The summed E-state index contributed by atoms with van der Waals surface area (Å²) in [6.07, 6.45) is 4.72. The number of rotatable bonds is 1. The summed E-state index contributed by atoms with van der Waals surface area (Å²) in [5.74, 6) is 2.43. The molecule has 1 nitrogen and oxygen atoms in total. The molecule has 1 aromatic carbocycles. The SMILES string of the molecule is Fc1ccc2[nH]cc([S+]3CCCC3)c2c1. The van der Waals surface area contributed by atoms with Gasteiger partial charge in [-0.2, -0.15) is 0 Å². The molecule has 1 aliphatic heterocycles. The lowest BCUT2D eigenvalue weighted by atomic mass is 10.2. The Kier molecular flexibility index (Phi) is 2.20. The molecule has 0 amide bonds. The van der Waals surface area contributed by atoms with Crippen LogP contribution in [0.15, 0.2) is 29.3 Å². The van der Waals surface area contributed by atoms with Crippen LogP contribution in [0.3, 0.4) is 0 Å². The highest BCUT2D eigenvalue weighted by Crippen LogP contribution is 2.29. The summed E-state index contributed by atoms with van der Waals surface area (Å²) in [5, 5.41) is 1.08. The molecule has 3 heteroatoms. The van der Waals surface area contributed by atoms with Crippen molar-refractivity contribution in [2.45, 2.75) is 17.7 Å². The standard InChI is InChI=1S/C12H13FNS/c13-9-3-4-11-10(7-9)12(8-14-11)15-5-1-2-6-15/h3-4,7-8,14H,1-2,5-6H2/q+1. The summed E-state index contributed by atoms with van der Waals surface area (Å²) in [7, 11) is 0.360. The van der Waals surface area contributed by atoms with Crippen molar-refractivity contribution in [3.05, 3.63) is 30.2 Å². The number of fused-ring (bicyclic) bond motifs is 1. The lowest BCUT2D eigenvalue weighted by Crippen LogP contribution is -2.02. The van der Waals surface area contributed by atoms with Gasteiger partial charge in [-0.1, -0.05) is 0 Å². The van der Waals surface area contributed by atoms with E-state index in [1.165, 1.54) is 35.3 Å². The van der Waals surface area contributed by atoms with Crippen molar-refractivity contribution in [1.29, 1.82) is 0 Å². The van der Waals surface area contributed by atoms with E-state index in [9.17, 15) is 4.39 Å². The van der Waals surface area contributed by atoms with E-state index >= 15 is 0 Å².